The van der Waals surface area contributed by atoms with Crippen LogP contribution in [0, 0.1) is 0 Å². The van der Waals surface area contributed by atoms with E-state index < -0.39 is 90.2 Å². The number of aliphatic hydroxyl groups excluding tert-OH is 4. The molecule has 0 aliphatic carbocycles. The highest BCUT2D eigenvalue weighted by atomic mass is 16.6. The number of hydrogen-bond acceptors (Lipinski definition) is 10. The minimum absolute atomic E-state index is 0.716. The molecule has 2 unspecified atom stereocenters. The van der Waals surface area contributed by atoms with Gasteiger partial charge in [-0.1, -0.05) is 0 Å². The summed E-state index contributed by atoms with van der Waals surface area (Å²) in [4.78, 5) is 50.3. The first kappa shape index (κ1) is 25.1. The lowest BCUT2D eigenvalue weighted by Crippen LogP contribution is -2.44. The molecule has 0 saturated carbocycles. The number of nitrogens with one attached hydrogen (secondary N) is 2. The highest BCUT2D eigenvalue weighted by molar-refractivity contribution is 4.99. The monoisotopic (exact) mass is 498 g/mol. The Hall–Kier alpha value is -2.96. The molecule has 4 heterocycles. The van der Waals surface area contributed by atoms with E-state index in [1.54, 1.807) is 0 Å². The van der Waals surface area contributed by atoms with Crippen LogP contribution < -0.4 is 22.5 Å². The molecule has 16 heteroatoms. The Balaban J connectivity index is 1.46. The van der Waals surface area contributed by atoms with Gasteiger partial charge in [0.25, 0.3) is 11.1 Å². The van der Waals surface area contributed by atoms with Crippen molar-refractivity contribution in [1.82, 2.24) is 19.1 Å². The van der Waals surface area contributed by atoms with E-state index in [0.717, 1.165) is 33.7 Å². The molecule has 16 nitrogen and oxygen atoms in total. The van der Waals surface area contributed by atoms with Crippen molar-refractivity contribution in [3.63, 3.8) is 0 Å². The summed E-state index contributed by atoms with van der Waals surface area (Å²) < 4.78 is 12.2. The second kappa shape index (κ2) is 9.59. The van der Waals surface area contributed by atoms with Gasteiger partial charge in [0.2, 0.25) is 0 Å². The van der Waals surface area contributed by atoms with Crippen LogP contribution in [0.3, 0.4) is 0 Å². The lowest BCUT2D eigenvalue weighted by Gasteiger charge is -2.24. The molecule has 6 N–H and O–H groups in total. The largest absolute Gasteiger partial charge is 0.387 e. The fraction of sp³-hybridized carbons (Fsp3) is 0.579. The fourth-order valence-electron chi connectivity index (χ4n) is 4.20. The number of rotatable bonds is 6. The Bertz CT molecular complexity index is 1190. The van der Waals surface area contributed by atoms with Gasteiger partial charge in [0.15, 0.2) is 12.5 Å². The quantitative estimate of drug-likeness (QED) is 0.222. The van der Waals surface area contributed by atoms with Crippen molar-refractivity contribution in [3.05, 3.63) is 66.2 Å². The third kappa shape index (κ3) is 4.65. The highest BCUT2D eigenvalue weighted by Crippen LogP contribution is 2.34. The maximum atomic E-state index is 12.8. The average molecular weight is 498 g/mol. The van der Waals surface area contributed by atoms with Crippen molar-refractivity contribution in [3.8, 4) is 0 Å². The Kier molecular flexibility index (Phi) is 6.89. The normalized spacial score (nSPS) is 34.7. The van der Waals surface area contributed by atoms with Crippen LogP contribution in [0.4, 0.5) is 0 Å². The third-order valence-electron chi connectivity index (χ3n) is 6.00. The minimum atomic E-state index is -1.96. The van der Waals surface area contributed by atoms with Crippen LogP contribution in [0.1, 0.15) is 18.9 Å². The zero-order valence-electron chi connectivity index (χ0n) is 17.7. The maximum Gasteiger partial charge on any atom is 0.330 e. The van der Waals surface area contributed by atoms with Gasteiger partial charge >= 0.3 is 11.4 Å². The predicted octanol–water partition coefficient (Wildman–Crippen LogP) is -4.69. The first-order chi connectivity index (χ1) is 16.5. The first-order valence-corrected chi connectivity index (χ1v) is 10.5. The van der Waals surface area contributed by atoms with Crippen molar-refractivity contribution in [2.45, 2.75) is 67.7 Å². The van der Waals surface area contributed by atoms with E-state index in [1.165, 1.54) is 0 Å². The molecule has 10 atom stereocenters. The second-order valence-corrected chi connectivity index (χ2v) is 8.29. The molecule has 0 aromatic carbocycles. The Morgan fingerprint density at radius 3 is 1.43 bits per heavy atom. The van der Waals surface area contributed by atoms with Gasteiger partial charge in [0.05, 0.1) is 0 Å². The van der Waals surface area contributed by atoms with Crippen LogP contribution in [-0.4, -0.2) is 88.4 Å². The molecule has 2 fully saturated rings. The second-order valence-electron chi connectivity index (χ2n) is 8.29. The lowest BCUT2D eigenvalue weighted by atomic mass is 9.96. The molecule has 2 aliphatic rings. The maximum absolute atomic E-state index is 12.8. The SMILES string of the molecule is [O]C(CC([O])[C@H]1O[C@@H](n2ccc(=O)[nH]c2=O)[C@H](O)[C@@H]1O)[C@H]1O[C@@H](n2ccc(=O)[nH]c2=O)[C@H](O)[C@@H]1O. The molecule has 190 valence electrons. The molecule has 35 heavy (non-hydrogen) atoms. The van der Waals surface area contributed by atoms with Crippen molar-refractivity contribution in [1.29, 1.82) is 0 Å². The van der Waals surface area contributed by atoms with E-state index >= 15 is 0 Å². The smallest absolute Gasteiger partial charge is 0.330 e. The van der Waals surface area contributed by atoms with Crippen LogP contribution in [0.2, 0.25) is 0 Å². The molecule has 2 aliphatic heterocycles. The number of nitrogens with zero attached hydrogens (tertiary/aromatic N) is 2. The number of aromatic amines is 2. The van der Waals surface area contributed by atoms with Gasteiger partial charge in [0, 0.05) is 30.9 Å². The third-order valence-corrected chi connectivity index (χ3v) is 6.00. The van der Waals surface area contributed by atoms with Gasteiger partial charge < -0.3 is 29.9 Å². The summed E-state index contributed by atoms with van der Waals surface area (Å²) in [6.07, 6.45) is -16.1. The van der Waals surface area contributed by atoms with Crippen molar-refractivity contribution in [2.75, 3.05) is 0 Å². The average Bonchev–Trinajstić information content (AvgIpc) is 3.25. The van der Waals surface area contributed by atoms with Gasteiger partial charge in [-0.25, -0.2) is 19.8 Å². The summed E-state index contributed by atoms with van der Waals surface area (Å²) in [7, 11) is 0. The number of H-pyrrole nitrogens is 2. The van der Waals surface area contributed by atoms with E-state index in [9.17, 15) is 49.8 Å². The van der Waals surface area contributed by atoms with Gasteiger partial charge in [-0.3, -0.25) is 28.7 Å². The summed E-state index contributed by atoms with van der Waals surface area (Å²) >= 11 is 0. The van der Waals surface area contributed by atoms with Gasteiger partial charge in [0.1, 0.15) is 48.8 Å². The van der Waals surface area contributed by atoms with Crippen LogP contribution in [-0.2, 0) is 19.7 Å². The Morgan fingerprint density at radius 1 is 0.714 bits per heavy atom. The lowest BCUT2D eigenvalue weighted by molar-refractivity contribution is -0.151. The Labute approximate surface area is 193 Å². The molecular formula is C19H22N4O12. The van der Waals surface area contributed by atoms with Crippen LogP contribution in [0.25, 0.3) is 0 Å². The minimum Gasteiger partial charge on any atom is -0.387 e. The zero-order chi connectivity index (χ0) is 25.6. The summed E-state index contributed by atoms with van der Waals surface area (Å²) in [6.45, 7) is 0. The molecule has 0 spiro atoms. The summed E-state index contributed by atoms with van der Waals surface area (Å²) in [5, 5.41) is 66.6. The molecule has 2 saturated heterocycles. The van der Waals surface area contributed by atoms with Crippen LogP contribution >= 0.6 is 0 Å². The predicted molar refractivity (Wildman–Crippen MR) is 108 cm³/mol. The van der Waals surface area contributed by atoms with E-state index in [1.807, 2.05) is 9.97 Å². The van der Waals surface area contributed by atoms with Gasteiger partial charge in [-0.15, -0.1) is 0 Å². The molecule has 0 amide bonds. The number of ether oxygens (including phenoxy) is 2. The van der Waals surface area contributed by atoms with Crippen LogP contribution in [0.15, 0.2) is 43.7 Å². The van der Waals surface area contributed by atoms with E-state index in [0.29, 0.717) is 0 Å². The summed E-state index contributed by atoms with van der Waals surface area (Å²) in [5.74, 6) is 0. The van der Waals surface area contributed by atoms with Crippen LogP contribution in [0.5, 0.6) is 0 Å². The van der Waals surface area contributed by atoms with E-state index in [-0.39, 0.29) is 0 Å². The Morgan fingerprint density at radius 2 is 1.09 bits per heavy atom. The fourth-order valence-corrected chi connectivity index (χ4v) is 4.20. The molecule has 2 aromatic heterocycles. The first-order valence-electron chi connectivity index (χ1n) is 10.5. The topological polar surface area (TPSA) is 249 Å². The van der Waals surface area contributed by atoms with Crippen molar-refractivity contribution < 1.29 is 40.1 Å². The summed E-state index contributed by atoms with van der Waals surface area (Å²) in [5.41, 5.74) is -3.35. The number of aliphatic hydroxyl groups is 4. The summed E-state index contributed by atoms with van der Waals surface area (Å²) in [6, 6.07) is 1.93. The van der Waals surface area contributed by atoms with Gasteiger partial charge in [-0.05, 0) is 0 Å². The highest BCUT2D eigenvalue weighted by Gasteiger charge is 2.51. The molecule has 2 aromatic rings. The molecule has 2 radical (unpaired) electrons. The van der Waals surface area contributed by atoms with Crippen molar-refractivity contribution in [2.24, 2.45) is 0 Å². The molecule has 0 bridgehead atoms. The standard InChI is InChI=1S/C19H22N4O12/c24-6(14-10(28)12(30)16(34-14)22-3-1-8(26)20-18(22)32)5-7(25)15-11(29)13(31)17(35-15)23-4-2-9(27)21-19(23)33/h1-4,6-7,10-17,28-31H,5H2,(H,20,26,32)(H,21,27,33)/t6?,7?,10-,11-,12+,13+,14+,15+,16+,17+/m0/s1. The van der Waals surface area contributed by atoms with Gasteiger partial charge in [-0.2, -0.15) is 0 Å². The number of aromatic nitrogens is 4. The molecular weight excluding hydrogens is 476 g/mol. The molecule has 4 rings (SSSR count). The van der Waals surface area contributed by atoms with Crippen molar-refractivity contribution >= 4 is 0 Å². The number of hydrogen-bond donors (Lipinski definition) is 6. The van der Waals surface area contributed by atoms with E-state index in [2.05, 4.69) is 0 Å². The van der Waals surface area contributed by atoms with E-state index in [4.69, 9.17) is 9.47 Å². The zero-order valence-corrected chi connectivity index (χ0v) is 17.7.